The van der Waals surface area contributed by atoms with Crippen LogP contribution in [-0.4, -0.2) is 0 Å². The van der Waals surface area contributed by atoms with Crippen LogP contribution in [0, 0.1) is 17.0 Å². The van der Waals surface area contributed by atoms with Gasteiger partial charge in [0.1, 0.15) is 11.6 Å². The van der Waals surface area contributed by atoms with E-state index in [0.29, 0.717) is 6.42 Å². The molecule has 1 atom stereocenters. The minimum absolute atomic E-state index is 0.0226. The van der Waals surface area contributed by atoms with Gasteiger partial charge in [0.2, 0.25) is 0 Å². The van der Waals surface area contributed by atoms with Gasteiger partial charge in [-0.3, -0.25) is 0 Å². The first-order chi connectivity index (χ1) is 7.79. The number of nitrogens with two attached hydrogens (primary N) is 1. The van der Waals surface area contributed by atoms with E-state index in [0.717, 1.165) is 12.8 Å². The molecule has 1 aliphatic rings. The maximum absolute atomic E-state index is 14.1. The van der Waals surface area contributed by atoms with E-state index in [1.165, 1.54) is 12.1 Å². The molecule has 17 heavy (non-hydrogen) atoms. The molecular formula is C13H16BrF2N. The van der Waals surface area contributed by atoms with E-state index in [4.69, 9.17) is 5.73 Å². The monoisotopic (exact) mass is 303 g/mol. The van der Waals surface area contributed by atoms with Crippen LogP contribution in [0.3, 0.4) is 0 Å². The highest BCUT2D eigenvalue weighted by molar-refractivity contribution is 9.10. The molecule has 1 saturated carbocycles. The summed E-state index contributed by atoms with van der Waals surface area (Å²) in [6.07, 6.45) is 2.40. The molecule has 0 amide bonds. The molecule has 0 spiro atoms. The van der Waals surface area contributed by atoms with Crippen LogP contribution < -0.4 is 5.73 Å². The number of rotatable bonds is 1. The third kappa shape index (κ3) is 1.82. The summed E-state index contributed by atoms with van der Waals surface area (Å²) in [6.45, 7) is 3.94. The molecule has 1 aromatic rings. The van der Waals surface area contributed by atoms with Gasteiger partial charge in [0.05, 0.1) is 10.0 Å². The summed E-state index contributed by atoms with van der Waals surface area (Å²) in [4.78, 5) is 0. The highest BCUT2D eigenvalue weighted by Gasteiger charge is 2.49. The predicted octanol–water partition coefficient (Wildman–Crippen LogP) is 4.09. The van der Waals surface area contributed by atoms with Gasteiger partial charge in [-0.2, -0.15) is 0 Å². The minimum Gasteiger partial charge on any atom is -0.321 e. The molecule has 0 saturated heterocycles. The fourth-order valence-corrected chi connectivity index (χ4v) is 3.10. The number of benzene rings is 1. The second kappa shape index (κ2) is 4.02. The lowest BCUT2D eigenvalue weighted by molar-refractivity contribution is 0.197. The molecular weight excluding hydrogens is 288 g/mol. The van der Waals surface area contributed by atoms with Gasteiger partial charge in [-0.25, -0.2) is 8.78 Å². The Morgan fingerprint density at radius 1 is 1.24 bits per heavy atom. The van der Waals surface area contributed by atoms with Crippen LogP contribution in [0.4, 0.5) is 8.78 Å². The third-order valence-corrected chi connectivity index (χ3v) is 4.68. The molecule has 0 aromatic heterocycles. The van der Waals surface area contributed by atoms with Crippen molar-refractivity contribution in [2.24, 2.45) is 11.1 Å². The summed E-state index contributed by atoms with van der Waals surface area (Å²) in [7, 11) is 0. The van der Waals surface area contributed by atoms with Crippen LogP contribution in [0.5, 0.6) is 0 Å². The summed E-state index contributed by atoms with van der Waals surface area (Å²) >= 11 is 3.09. The fourth-order valence-electron chi connectivity index (χ4n) is 2.77. The Bertz CT molecular complexity index is 459. The largest absolute Gasteiger partial charge is 0.321 e. The van der Waals surface area contributed by atoms with E-state index in [2.05, 4.69) is 15.9 Å². The maximum atomic E-state index is 14.1. The summed E-state index contributed by atoms with van der Waals surface area (Å²) in [5, 5.41) is 0. The Kier molecular flexibility index (Phi) is 3.07. The highest BCUT2D eigenvalue weighted by atomic mass is 79.9. The van der Waals surface area contributed by atoms with E-state index in [1.54, 1.807) is 0 Å². The lowest BCUT2D eigenvalue weighted by Crippen LogP contribution is -2.47. The summed E-state index contributed by atoms with van der Waals surface area (Å²) in [5.74, 6) is -1.12. The van der Waals surface area contributed by atoms with Crippen molar-refractivity contribution in [3.05, 3.63) is 33.8 Å². The highest BCUT2D eigenvalue weighted by Crippen LogP contribution is 2.52. The number of halogens is 3. The zero-order valence-corrected chi connectivity index (χ0v) is 11.6. The lowest BCUT2D eigenvalue weighted by atomic mass is 9.71. The Hall–Kier alpha value is -0.480. The SMILES string of the molecule is CC1(C)CCCC1(N)c1c(F)ccc(Br)c1F. The molecule has 0 heterocycles. The van der Waals surface area contributed by atoms with Crippen LogP contribution >= 0.6 is 15.9 Å². The molecule has 94 valence electrons. The first-order valence-corrected chi connectivity index (χ1v) is 6.52. The molecule has 1 aliphatic carbocycles. The second-order valence-corrected chi connectivity index (χ2v) is 6.28. The van der Waals surface area contributed by atoms with E-state index in [1.807, 2.05) is 13.8 Å². The number of hydrogen-bond acceptors (Lipinski definition) is 1. The van der Waals surface area contributed by atoms with Gasteiger partial charge in [-0.05, 0) is 46.3 Å². The Labute approximate surface area is 109 Å². The van der Waals surface area contributed by atoms with Gasteiger partial charge >= 0.3 is 0 Å². The van der Waals surface area contributed by atoms with E-state index < -0.39 is 17.2 Å². The van der Waals surface area contributed by atoms with Crippen molar-refractivity contribution in [1.82, 2.24) is 0 Å². The molecule has 1 nitrogen and oxygen atoms in total. The predicted molar refractivity (Wildman–Crippen MR) is 67.6 cm³/mol. The third-order valence-electron chi connectivity index (χ3n) is 4.07. The average molecular weight is 304 g/mol. The van der Waals surface area contributed by atoms with Crippen LogP contribution in [0.1, 0.15) is 38.7 Å². The Morgan fingerprint density at radius 2 is 1.88 bits per heavy atom. The summed E-state index contributed by atoms with van der Waals surface area (Å²) < 4.78 is 28.3. The van der Waals surface area contributed by atoms with Crippen LogP contribution in [0.15, 0.2) is 16.6 Å². The van der Waals surface area contributed by atoms with Crippen molar-refractivity contribution in [3.63, 3.8) is 0 Å². The van der Waals surface area contributed by atoms with Crippen molar-refractivity contribution < 1.29 is 8.78 Å². The molecule has 0 aliphatic heterocycles. The average Bonchev–Trinajstić information content (AvgIpc) is 2.49. The van der Waals surface area contributed by atoms with E-state index in [9.17, 15) is 8.78 Å². The van der Waals surface area contributed by atoms with Crippen LogP contribution in [0.25, 0.3) is 0 Å². The maximum Gasteiger partial charge on any atom is 0.145 e. The molecule has 1 unspecified atom stereocenters. The smallest absolute Gasteiger partial charge is 0.145 e. The van der Waals surface area contributed by atoms with Gasteiger partial charge in [-0.1, -0.05) is 20.3 Å². The second-order valence-electron chi connectivity index (χ2n) is 5.43. The van der Waals surface area contributed by atoms with Crippen molar-refractivity contribution in [1.29, 1.82) is 0 Å². The molecule has 2 N–H and O–H groups in total. The van der Waals surface area contributed by atoms with Crippen molar-refractivity contribution in [2.45, 2.75) is 38.6 Å². The van der Waals surface area contributed by atoms with Crippen molar-refractivity contribution in [3.8, 4) is 0 Å². The molecule has 0 radical (unpaired) electrons. The minimum atomic E-state index is -0.926. The molecule has 0 bridgehead atoms. The van der Waals surface area contributed by atoms with Gasteiger partial charge in [-0.15, -0.1) is 0 Å². The van der Waals surface area contributed by atoms with Gasteiger partial charge in [0.15, 0.2) is 0 Å². The molecule has 1 fully saturated rings. The zero-order valence-electron chi connectivity index (χ0n) is 9.99. The number of hydrogen-bond donors (Lipinski definition) is 1. The van der Waals surface area contributed by atoms with E-state index >= 15 is 0 Å². The van der Waals surface area contributed by atoms with Crippen LogP contribution in [-0.2, 0) is 5.54 Å². The molecule has 4 heteroatoms. The van der Waals surface area contributed by atoms with Crippen molar-refractivity contribution >= 4 is 15.9 Å². The van der Waals surface area contributed by atoms with Gasteiger partial charge < -0.3 is 5.73 Å². The van der Waals surface area contributed by atoms with Crippen molar-refractivity contribution in [2.75, 3.05) is 0 Å². The summed E-state index contributed by atoms with van der Waals surface area (Å²) in [5.41, 5.74) is 5.13. The first-order valence-electron chi connectivity index (χ1n) is 5.72. The fraction of sp³-hybridized carbons (Fsp3) is 0.538. The quantitative estimate of drug-likeness (QED) is 0.777. The standard InChI is InChI=1S/C13H16BrF2N/c1-12(2)6-3-7-13(12,17)10-9(15)5-4-8(14)11(10)16/h4-5H,3,6-7,17H2,1-2H3. The Balaban J connectivity index is 2.65. The zero-order chi connectivity index (χ0) is 12.8. The molecule has 1 aromatic carbocycles. The first kappa shape index (κ1) is 13.0. The topological polar surface area (TPSA) is 26.0 Å². The van der Waals surface area contributed by atoms with E-state index in [-0.39, 0.29) is 15.5 Å². The van der Waals surface area contributed by atoms with Gasteiger partial charge in [0.25, 0.3) is 0 Å². The van der Waals surface area contributed by atoms with Gasteiger partial charge in [0, 0.05) is 5.56 Å². The van der Waals surface area contributed by atoms with Crippen LogP contribution in [0.2, 0.25) is 0 Å². The Morgan fingerprint density at radius 3 is 2.41 bits per heavy atom. The lowest BCUT2D eigenvalue weighted by Gasteiger charge is -2.39. The normalized spacial score (nSPS) is 27.4. The molecule has 2 rings (SSSR count). The summed E-state index contributed by atoms with van der Waals surface area (Å²) in [6, 6.07) is 2.64.